The molecule has 1 aromatic rings. The average Bonchev–Trinajstić information content (AvgIpc) is 2.38. The van der Waals surface area contributed by atoms with E-state index in [9.17, 15) is 4.39 Å². The second-order valence-electron chi connectivity index (χ2n) is 6.26. The minimum absolute atomic E-state index is 0.0463. The molecule has 1 unspecified atom stereocenters. The maximum atomic E-state index is 14.3. The molecule has 19 heavy (non-hydrogen) atoms. The number of piperidine rings is 1. The minimum atomic E-state index is -0.0463. The van der Waals surface area contributed by atoms with Crippen molar-refractivity contribution in [3.63, 3.8) is 0 Å². The Labute approximate surface area is 116 Å². The lowest BCUT2D eigenvalue weighted by Gasteiger charge is -2.35. The number of nitrogens with zero attached hydrogens (tertiary/aromatic N) is 1. The van der Waals surface area contributed by atoms with E-state index in [0.29, 0.717) is 12.0 Å². The molecular weight excluding hydrogens is 237 g/mol. The summed E-state index contributed by atoms with van der Waals surface area (Å²) in [6.07, 6.45) is 5.72. The first-order valence-corrected chi connectivity index (χ1v) is 7.63. The highest BCUT2D eigenvalue weighted by Gasteiger charge is 2.21. The van der Waals surface area contributed by atoms with Gasteiger partial charge in [0.05, 0.1) is 5.69 Å². The summed E-state index contributed by atoms with van der Waals surface area (Å²) in [6, 6.07) is 6.28. The van der Waals surface area contributed by atoms with Crippen LogP contribution in [0.3, 0.4) is 0 Å². The number of aryl methyl sites for hydroxylation is 1. The fourth-order valence-electron chi connectivity index (χ4n) is 2.85. The quantitative estimate of drug-likeness (QED) is 0.754. The summed E-state index contributed by atoms with van der Waals surface area (Å²) in [7, 11) is 0. The topological polar surface area (TPSA) is 3.24 Å². The lowest BCUT2D eigenvalue weighted by atomic mass is 10.00. The molecule has 0 N–H and O–H groups in total. The summed E-state index contributed by atoms with van der Waals surface area (Å²) < 4.78 is 14.3. The standard InChI is InChI=1S/C17H26FN/c1-13(2)7-8-15-9-10-17(16(18)12-15)19-11-5-4-6-14(19)3/h9-10,12-14H,4-8,11H2,1-3H3. The first kappa shape index (κ1) is 14.4. The number of anilines is 1. The number of hydrogen-bond acceptors (Lipinski definition) is 1. The largest absolute Gasteiger partial charge is 0.366 e. The zero-order chi connectivity index (χ0) is 13.8. The van der Waals surface area contributed by atoms with E-state index in [4.69, 9.17) is 0 Å². The molecule has 0 aromatic heterocycles. The van der Waals surface area contributed by atoms with Gasteiger partial charge in [0, 0.05) is 12.6 Å². The van der Waals surface area contributed by atoms with Gasteiger partial charge in [-0.3, -0.25) is 0 Å². The number of rotatable bonds is 4. The Kier molecular flexibility index (Phi) is 4.84. The lowest BCUT2D eigenvalue weighted by molar-refractivity contribution is 0.475. The van der Waals surface area contributed by atoms with Crippen molar-refractivity contribution in [3.8, 4) is 0 Å². The Balaban J connectivity index is 2.10. The Bertz CT molecular complexity index is 414. The second-order valence-corrected chi connectivity index (χ2v) is 6.26. The average molecular weight is 263 g/mol. The number of benzene rings is 1. The van der Waals surface area contributed by atoms with E-state index < -0.39 is 0 Å². The van der Waals surface area contributed by atoms with Crippen LogP contribution in [0.4, 0.5) is 10.1 Å². The van der Waals surface area contributed by atoms with E-state index >= 15 is 0 Å². The molecule has 0 bridgehead atoms. The van der Waals surface area contributed by atoms with Crippen LogP contribution in [0.1, 0.15) is 52.0 Å². The molecule has 1 aliphatic rings. The van der Waals surface area contributed by atoms with Crippen LogP contribution in [-0.4, -0.2) is 12.6 Å². The maximum Gasteiger partial charge on any atom is 0.146 e. The van der Waals surface area contributed by atoms with Crippen molar-refractivity contribution in [3.05, 3.63) is 29.6 Å². The molecule has 2 rings (SSSR count). The fraction of sp³-hybridized carbons (Fsp3) is 0.647. The van der Waals surface area contributed by atoms with Crippen molar-refractivity contribution in [1.29, 1.82) is 0 Å². The molecule has 1 saturated heterocycles. The molecule has 1 fully saturated rings. The van der Waals surface area contributed by atoms with Gasteiger partial charge in [0.25, 0.3) is 0 Å². The van der Waals surface area contributed by atoms with Crippen molar-refractivity contribution in [2.24, 2.45) is 5.92 Å². The molecule has 0 radical (unpaired) electrons. The second kappa shape index (κ2) is 6.40. The van der Waals surface area contributed by atoms with Crippen LogP contribution in [0.5, 0.6) is 0 Å². The highest BCUT2D eigenvalue weighted by molar-refractivity contribution is 5.50. The first-order chi connectivity index (χ1) is 9.08. The van der Waals surface area contributed by atoms with Crippen LogP contribution in [0.25, 0.3) is 0 Å². The van der Waals surface area contributed by atoms with Crippen molar-refractivity contribution < 1.29 is 4.39 Å². The van der Waals surface area contributed by atoms with Crippen molar-refractivity contribution in [2.45, 2.75) is 58.9 Å². The summed E-state index contributed by atoms with van der Waals surface area (Å²) in [4.78, 5) is 2.23. The summed E-state index contributed by atoms with van der Waals surface area (Å²) >= 11 is 0. The summed E-state index contributed by atoms with van der Waals surface area (Å²) in [5, 5.41) is 0. The third-order valence-corrected chi connectivity index (χ3v) is 4.13. The van der Waals surface area contributed by atoms with Gasteiger partial charge < -0.3 is 4.90 Å². The molecule has 106 valence electrons. The van der Waals surface area contributed by atoms with Gasteiger partial charge >= 0.3 is 0 Å². The highest BCUT2D eigenvalue weighted by atomic mass is 19.1. The van der Waals surface area contributed by atoms with Crippen molar-refractivity contribution in [1.82, 2.24) is 0 Å². The molecule has 1 heterocycles. The molecule has 1 aliphatic heterocycles. The van der Waals surface area contributed by atoms with E-state index in [0.717, 1.165) is 30.6 Å². The van der Waals surface area contributed by atoms with Gasteiger partial charge in [-0.2, -0.15) is 0 Å². The third kappa shape index (κ3) is 3.71. The molecule has 0 saturated carbocycles. The Hall–Kier alpha value is -1.05. The predicted octanol–water partition coefficient (Wildman–Crippen LogP) is 4.79. The van der Waals surface area contributed by atoms with Gasteiger partial charge in [-0.05, 0) is 62.6 Å². The Morgan fingerprint density at radius 2 is 2.11 bits per heavy atom. The van der Waals surface area contributed by atoms with Gasteiger partial charge in [-0.25, -0.2) is 4.39 Å². The molecule has 1 nitrogen and oxygen atoms in total. The van der Waals surface area contributed by atoms with Crippen molar-refractivity contribution >= 4 is 5.69 Å². The normalized spacial score (nSPS) is 20.1. The zero-order valence-electron chi connectivity index (χ0n) is 12.5. The highest BCUT2D eigenvalue weighted by Crippen LogP contribution is 2.28. The van der Waals surface area contributed by atoms with E-state index in [-0.39, 0.29) is 5.82 Å². The minimum Gasteiger partial charge on any atom is -0.366 e. The Morgan fingerprint density at radius 3 is 2.74 bits per heavy atom. The fourth-order valence-corrected chi connectivity index (χ4v) is 2.85. The van der Waals surface area contributed by atoms with Gasteiger partial charge in [-0.15, -0.1) is 0 Å². The lowest BCUT2D eigenvalue weighted by Crippen LogP contribution is -2.37. The van der Waals surface area contributed by atoms with E-state index in [1.807, 2.05) is 6.07 Å². The SMILES string of the molecule is CC(C)CCc1ccc(N2CCCCC2C)c(F)c1. The predicted molar refractivity (Wildman–Crippen MR) is 80.2 cm³/mol. The molecule has 0 amide bonds. The van der Waals surface area contributed by atoms with Crippen LogP contribution in [-0.2, 0) is 6.42 Å². The van der Waals surface area contributed by atoms with Crippen LogP contribution in [0, 0.1) is 11.7 Å². The molecule has 2 heteroatoms. The van der Waals surface area contributed by atoms with Crippen LogP contribution in [0.15, 0.2) is 18.2 Å². The Morgan fingerprint density at radius 1 is 1.32 bits per heavy atom. The zero-order valence-corrected chi connectivity index (χ0v) is 12.5. The van der Waals surface area contributed by atoms with E-state index in [2.05, 4.69) is 31.7 Å². The maximum absolute atomic E-state index is 14.3. The molecule has 0 spiro atoms. The van der Waals surface area contributed by atoms with Crippen LogP contribution < -0.4 is 4.90 Å². The van der Waals surface area contributed by atoms with E-state index in [1.54, 1.807) is 6.07 Å². The summed E-state index contributed by atoms with van der Waals surface area (Å²) in [5.74, 6) is 0.625. The van der Waals surface area contributed by atoms with Crippen LogP contribution >= 0.6 is 0 Å². The molecule has 1 aromatic carbocycles. The van der Waals surface area contributed by atoms with Gasteiger partial charge in [0.1, 0.15) is 5.82 Å². The van der Waals surface area contributed by atoms with Crippen LogP contribution in [0.2, 0.25) is 0 Å². The number of hydrogen-bond donors (Lipinski definition) is 0. The summed E-state index contributed by atoms with van der Waals surface area (Å²) in [6.45, 7) is 7.61. The van der Waals surface area contributed by atoms with Gasteiger partial charge in [-0.1, -0.05) is 19.9 Å². The molecular formula is C17H26FN. The monoisotopic (exact) mass is 263 g/mol. The summed E-state index contributed by atoms with van der Waals surface area (Å²) in [5.41, 5.74) is 1.92. The van der Waals surface area contributed by atoms with Gasteiger partial charge in [0.2, 0.25) is 0 Å². The van der Waals surface area contributed by atoms with Crippen molar-refractivity contribution in [2.75, 3.05) is 11.4 Å². The smallest absolute Gasteiger partial charge is 0.146 e. The third-order valence-electron chi connectivity index (χ3n) is 4.13. The van der Waals surface area contributed by atoms with Gasteiger partial charge in [0.15, 0.2) is 0 Å². The molecule has 0 aliphatic carbocycles. The number of halogens is 1. The molecule has 1 atom stereocenters. The first-order valence-electron chi connectivity index (χ1n) is 7.63. The van der Waals surface area contributed by atoms with E-state index in [1.165, 1.54) is 19.3 Å².